The number of hydrogen-bond donors (Lipinski definition) is 1. The lowest BCUT2D eigenvalue weighted by Crippen LogP contribution is -2.07. The minimum Gasteiger partial charge on any atom is -0.462 e. The third kappa shape index (κ3) is 2.80. The summed E-state index contributed by atoms with van der Waals surface area (Å²) in [5, 5.41) is 0.822. The van der Waals surface area contributed by atoms with Crippen LogP contribution in [0, 0.1) is 0 Å². The van der Waals surface area contributed by atoms with Crippen molar-refractivity contribution in [3.63, 3.8) is 0 Å². The van der Waals surface area contributed by atoms with E-state index in [9.17, 15) is 4.79 Å². The van der Waals surface area contributed by atoms with Crippen molar-refractivity contribution in [2.75, 3.05) is 6.61 Å². The highest BCUT2D eigenvalue weighted by molar-refractivity contribution is 7.13. The van der Waals surface area contributed by atoms with E-state index in [2.05, 4.69) is 4.98 Å². The van der Waals surface area contributed by atoms with E-state index in [1.165, 1.54) is 11.3 Å². The van der Waals surface area contributed by atoms with Gasteiger partial charge in [0.15, 0.2) is 0 Å². The van der Waals surface area contributed by atoms with Gasteiger partial charge < -0.3 is 10.5 Å². The van der Waals surface area contributed by atoms with Crippen LogP contribution in [0.15, 0.2) is 0 Å². The quantitative estimate of drug-likeness (QED) is 0.804. The number of ether oxygens (including phenoxy) is 1. The molecular weight excluding hydrogens is 224 g/mol. The fourth-order valence-electron chi connectivity index (χ4n) is 1.30. The Morgan fingerprint density at radius 1 is 1.50 bits per heavy atom. The molecule has 0 aliphatic rings. The van der Waals surface area contributed by atoms with Gasteiger partial charge >= 0.3 is 5.97 Å². The van der Waals surface area contributed by atoms with E-state index >= 15 is 0 Å². The van der Waals surface area contributed by atoms with Crippen molar-refractivity contribution in [2.24, 2.45) is 5.73 Å². The summed E-state index contributed by atoms with van der Waals surface area (Å²) in [5.41, 5.74) is 6.69. The van der Waals surface area contributed by atoms with Crippen molar-refractivity contribution in [1.29, 1.82) is 0 Å². The van der Waals surface area contributed by atoms with E-state index in [4.69, 9.17) is 10.5 Å². The molecule has 1 rings (SSSR count). The smallest absolute Gasteiger partial charge is 0.350 e. The molecule has 0 radical (unpaired) electrons. The van der Waals surface area contributed by atoms with Crippen LogP contribution in [0.5, 0.6) is 0 Å². The number of thiazole rings is 1. The maximum absolute atomic E-state index is 11.7. The van der Waals surface area contributed by atoms with Crippen LogP contribution in [-0.2, 0) is 11.2 Å². The van der Waals surface area contributed by atoms with Gasteiger partial charge in [0.2, 0.25) is 0 Å². The third-order valence-electron chi connectivity index (χ3n) is 2.27. The molecule has 0 aliphatic heterocycles. The zero-order valence-corrected chi connectivity index (χ0v) is 10.8. The summed E-state index contributed by atoms with van der Waals surface area (Å²) in [4.78, 5) is 16.7. The molecule has 0 aliphatic carbocycles. The van der Waals surface area contributed by atoms with E-state index in [0.29, 0.717) is 11.5 Å². The maximum atomic E-state index is 11.7. The molecular formula is C11H18N2O2S. The average molecular weight is 242 g/mol. The minimum absolute atomic E-state index is 0.0847. The van der Waals surface area contributed by atoms with Gasteiger partial charge in [-0.3, -0.25) is 0 Å². The Morgan fingerprint density at radius 2 is 2.19 bits per heavy atom. The highest BCUT2D eigenvalue weighted by Gasteiger charge is 2.20. The predicted octanol–water partition coefficient (Wildman–Crippen LogP) is 2.29. The molecule has 4 nitrogen and oxygen atoms in total. The Kier molecular flexibility index (Phi) is 4.89. The molecule has 0 spiro atoms. The number of nitrogens with zero attached hydrogens (tertiary/aromatic N) is 1. The summed E-state index contributed by atoms with van der Waals surface area (Å²) < 4.78 is 4.99. The van der Waals surface area contributed by atoms with Crippen molar-refractivity contribution in [2.45, 2.75) is 39.7 Å². The molecule has 1 aromatic heterocycles. The Bertz CT molecular complexity index is 363. The topological polar surface area (TPSA) is 65.2 Å². The van der Waals surface area contributed by atoms with Gasteiger partial charge in [-0.25, -0.2) is 9.78 Å². The molecule has 5 heteroatoms. The molecule has 1 unspecified atom stereocenters. The van der Waals surface area contributed by atoms with Crippen molar-refractivity contribution >= 4 is 17.3 Å². The van der Waals surface area contributed by atoms with Crippen LogP contribution < -0.4 is 5.73 Å². The normalized spacial score (nSPS) is 12.5. The number of hydrogen-bond acceptors (Lipinski definition) is 5. The Hall–Kier alpha value is -0.940. The SMILES string of the molecule is CCOC(=O)c1sc(C(N)CC)nc1CC. The lowest BCUT2D eigenvalue weighted by molar-refractivity contribution is 0.0530. The van der Waals surface area contributed by atoms with Crippen LogP contribution >= 0.6 is 11.3 Å². The zero-order chi connectivity index (χ0) is 12.1. The van der Waals surface area contributed by atoms with E-state index < -0.39 is 0 Å². The molecule has 16 heavy (non-hydrogen) atoms. The highest BCUT2D eigenvalue weighted by Crippen LogP contribution is 2.25. The molecule has 0 aromatic carbocycles. The Balaban J connectivity index is 2.99. The molecule has 2 N–H and O–H groups in total. The van der Waals surface area contributed by atoms with E-state index in [1.807, 2.05) is 13.8 Å². The second-order valence-electron chi connectivity index (χ2n) is 3.42. The first-order valence-corrected chi connectivity index (χ1v) is 6.37. The highest BCUT2D eigenvalue weighted by atomic mass is 32.1. The van der Waals surface area contributed by atoms with Gasteiger partial charge in [0.1, 0.15) is 9.88 Å². The summed E-state index contributed by atoms with van der Waals surface area (Å²) in [7, 11) is 0. The van der Waals surface area contributed by atoms with Crippen LogP contribution in [0.4, 0.5) is 0 Å². The van der Waals surface area contributed by atoms with Crippen molar-refractivity contribution in [3.05, 3.63) is 15.6 Å². The molecule has 1 aromatic rings. The second-order valence-corrected chi connectivity index (χ2v) is 4.45. The first-order chi connectivity index (χ1) is 7.63. The summed E-state index contributed by atoms with van der Waals surface area (Å²) in [6.07, 6.45) is 1.54. The molecule has 0 saturated carbocycles. The van der Waals surface area contributed by atoms with Gasteiger partial charge in [0.25, 0.3) is 0 Å². The number of carbonyl (C=O) groups excluding carboxylic acids is 1. The molecule has 1 atom stereocenters. The number of rotatable bonds is 5. The van der Waals surface area contributed by atoms with Crippen LogP contribution in [0.1, 0.15) is 53.6 Å². The number of aromatic nitrogens is 1. The number of esters is 1. The molecule has 1 heterocycles. The fraction of sp³-hybridized carbons (Fsp3) is 0.636. The Morgan fingerprint density at radius 3 is 2.69 bits per heavy atom. The number of carbonyl (C=O) groups is 1. The first-order valence-electron chi connectivity index (χ1n) is 5.56. The Labute approximate surface area is 99.8 Å². The zero-order valence-electron chi connectivity index (χ0n) is 9.95. The van der Waals surface area contributed by atoms with Crippen LogP contribution in [0.25, 0.3) is 0 Å². The van der Waals surface area contributed by atoms with E-state index in [1.54, 1.807) is 6.92 Å². The molecule has 0 amide bonds. The molecule has 0 saturated heterocycles. The predicted molar refractivity (Wildman–Crippen MR) is 64.7 cm³/mol. The largest absolute Gasteiger partial charge is 0.462 e. The van der Waals surface area contributed by atoms with Gasteiger partial charge in [0, 0.05) is 0 Å². The molecule has 0 bridgehead atoms. The second kappa shape index (κ2) is 5.96. The van der Waals surface area contributed by atoms with Crippen molar-refractivity contribution < 1.29 is 9.53 Å². The van der Waals surface area contributed by atoms with E-state index in [-0.39, 0.29) is 12.0 Å². The van der Waals surface area contributed by atoms with Gasteiger partial charge in [-0.15, -0.1) is 11.3 Å². The monoisotopic (exact) mass is 242 g/mol. The summed E-state index contributed by atoms with van der Waals surface area (Å²) in [5.74, 6) is -0.286. The third-order valence-corrected chi connectivity index (χ3v) is 3.48. The van der Waals surface area contributed by atoms with Crippen LogP contribution in [0.2, 0.25) is 0 Å². The minimum atomic E-state index is -0.286. The van der Waals surface area contributed by atoms with Crippen LogP contribution in [0.3, 0.4) is 0 Å². The van der Waals surface area contributed by atoms with Crippen molar-refractivity contribution in [3.8, 4) is 0 Å². The number of nitrogens with two attached hydrogens (primary N) is 1. The van der Waals surface area contributed by atoms with Gasteiger partial charge in [-0.05, 0) is 19.8 Å². The first kappa shape index (κ1) is 13.1. The van der Waals surface area contributed by atoms with E-state index in [0.717, 1.165) is 23.5 Å². The summed E-state index contributed by atoms with van der Waals surface area (Å²) in [6.45, 7) is 6.15. The van der Waals surface area contributed by atoms with Gasteiger partial charge in [0.05, 0.1) is 18.3 Å². The lowest BCUT2D eigenvalue weighted by atomic mass is 10.2. The summed E-state index contributed by atoms with van der Waals surface area (Å²) >= 11 is 1.35. The maximum Gasteiger partial charge on any atom is 0.350 e. The average Bonchev–Trinajstić information content (AvgIpc) is 2.72. The van der Waals surface area contributed by atoms with Gasteiger partial charge in [-0.2, -0.15) is 0 Å². The number of aryl methyl sites for hydroxylation is 1. The lowest BCUT2D eigenvalue weighted by Gasteiger charge is -2.01. The fourth-order valence-corrected chi connectivity index (χ4v) is 2.43. The van der Waals surface area contributed by atoms with Crippen molar-refractivity contribution in [1.82, 2.24) is 4.98 Å². The van der Waals surface area contributed by atoms with Gasteiger partial charge in [-0.1, -0.05) is 13.8 Å². The summed E-state index contributed by atoms with van der Waals surface area (Å²) in [6, 6.07) is -0.0847. The van der Waals surface area contributed by atoms with Crippen LogP contribution in [-0.4, -0.2) is 17.6 Å². The molecule has 90 valence electrons. The standard InChI is InChI=1S/C11H18N2O2S/c1-4-7(12)10-13-8(5-2)9(16-10)11(14)15-6-3/h7H,4-6,12H2,1-3H3. The molecule has 0 fully saturated rings.